The van der Waals surface area contributed by atoms with Crippen molar-refractivity contribution in [2.45, 2.75) is 19.3 Å². The van der Waals surface area contributed by atoms with E-state index in [0.717, 1.165) is 37.0 Å². The highest BCUT2D eigenvalue weighted by Gasteiger charge is 2.07. The van der Waals surface area contributed by atoms with E-state index in [1.807, 2.05) is 12.1 Å². The zero-order valence-electron chi connectivity index (χ0n) is 12.2. The van der Waals surface area contributed by atoms with Crippen LogP contribution in [0.5, 0.6) is 0 Å². The van der Waals surface area contributed by atoms with Gasteiger partial charge >= 0.3 is 0 Å². The minimum Gasteiger partial charge on any atom is -0.384 e. The second-order valence-corrected chi connectivity index (χ2v) is 5.30. The summed E-state index contributed by atoms with van der Waals surface area (Å²) in [4.78, 5) is 4.74. The molecule has 0 radical (unpaired) electrons. The standard InChI is InChI=1S/C18H21N3/c19-12-6-1-7-13-20-18-14-8-2-4-10-16(14)21-17-11-5-3-9-15(17)18/h2-5,8-11H,1,6-7,12-13,19H2,(H,20,21). The van der Waals surface area contributed by atoms with Gasteiger partial charge in [0.2, 0.25) is 0 Å². The summed E-state index contributed by atoms with van der Waals surface area (Å²) in [6, 6.07) is 16.6. The smallest absolute Gasteiger partial charge is 0.0730 e. The van der Waals surface area contributed by atoms with Crippen LogP contribution in [0.4, 0.5) is 5.69 Å². The molecule has 0 aliphatic rings. The third-order valence-electron chi connectivity index (χ3n) is 3.77. The summed E-state index contributed by atoms with van der Waals surface area (Å²) in [6.07, 6.45) is 3.41. The molecule has 0 amide bonds. The molecule has 3 N–H and O–H groups in total. The lowest BCUT2D eigenvalue weighted by molar-refractivity contribution is 0.707. The molecule has 0 bridgehead atoms. The normalized spacial score (nSPS) is 11.1. The maximum atomic E-state index is 5.54. The lowest BCUT2D eigenvalue weighted by atomic mass is 10.1. The molecule has 108 valence electrons. The third-order valence-corrected chi connectivity index (χ3v) is 3.77. The largest absolute Gasteiger partial charge is 0.384 e. The highest BCUT2D eigenvalue weighted by Crippen LogP contribution is 2.30. The van der Waals surface area contributed by atoms with E-state index >= 15 is 0 Å². The van der Waals surface area contributed by atoms with Crippen molar-refractivity contribution in [3.05, 3.63) is 48.5 Å². The number of anilines is 1. The van der Waals surface area contributed by atoms with Gasteiger partial charge in [0.05, 0.1) is 16.7 Å². The van der Waals surface area contributed by atoms with E-state index in [2.05, 4.69) is 41.7 Å². The van der Waals surface area contributed by atoms with Crippen LogP contribution in [0.2, 0.25) is 0 Å². The number of unbranched alkanes of at least 4 members (excludes halogenated alkanes) is 2. The van der Waals surface area contributed by atoms with Crippen LogP contribution in [0, 0.1) is 0 Å². The first kappa shape index (κ1) is 13.8. The molecule has 0 aliphatic carbocycles. The maximum Gasteiger partial charge on any atom is 0.0730 e. The van der Waals surface area contributed by atoms with Crippen LogP contribution in [0.3, 0.4) is 0 Å². The first-order chi connectivity index (χ1) is 10.4. The van der Waals surface area contributed by atoms with Gasteiger partial charge in [-0.2, -0.15) is 0 Å². The molecule has 0 saturated carbocycles. The Labute approximate surface area is 125 Å². The zero-order chi connectivity index (χ0) is 14.5. The van der Waals surface area contributed by atoms with Gasteiger partial charge in [-0.15, -0.1) is 0 Å². The fourth-order valence-electron chi connectivity index (χ4n) is 2.69. The monoisotopic (exact) mass is 279 g/mol. The molecule has 2 aromatic carbocycles. The number of hydrogen-bond donors (Lipinski definition) is 2. The Balaban J connectivity index is 1.96. The van der Waals surface area contributed by atoms with Gasteiger partial charge in [-0.3, -0.25) is 0 Å². The molecule has 3 aromatic rings. The Kier molecular flexibility index (Phi) is 4.31. The highest BCUT2D eigenvalue weighted by atomic mass is 14.9. The van der Waals surface area contributed by atoms with Crippen molar-refractivity contribution in [3.8, 4) is 0 Å². The number of nitrogens with two attached hydrogens (primary N) is 1. The maximum absolute atomic E-state index is 5.54. The number of pyridine rings is 1. The lowest BCUT2D eigenvalue weighted by Crippen LogP contribution is -2.05. The molecular weight excluding hydrogens is 258 g/mol. The number of hydrogen-bond acceptors (Lipinski definition) is 3. The van der Waals surface area contributed by atoms with Gasteiger partial charge in [0.1, 0.15) is 0 Å². The van der Waals surface area contributed by atoms with Gasteiger partial charge in [0.15, 0.2) is 0 Å². The number of para-hydroxylation sites is 2. The Morgan fingerprint density at radius 1 is 0.810 bits per heavy atom. The second kappa shape index (κ2) is 6.55. The number of aromatic nitrogens is 1. The molecule has 3 heteroatoms. The summed E-state index contributed by atoms with van der Waals surface area (Å²) in [5.74, 6) is 0. The molecule has 1 heterocycles. The van der Waals surface area contributed by atoms with E-state index in [1.54, 1.807) is 0 Å². The number of nitrogens with zero attached hydrogens (tertiary/aromatic N) is 1. The van der Waals surface area contributed by atoms with Gasteiger partial charge in [0.25, 0.3) is 0 Å². The predicted octanol–water partition coefficient (Wildman–Crippen LogP) is 3.93. The molecule has 3 nitrogen and oxygen atoms in total. The molecular formula is C18H21N3. The summed E-state index contributed by atoms with van der Waals surface area (Å²) < 4.78 is 0. The predicted molar refractivity (Wildman–Crippen MR) is 90.6 cm³/mol. The summed E-state index contributed by atoms with van der Waals surface area (Å²) in [7, 11) is 0. The third kappa shape index (κ3) is 2.98. The van der Waals surface area contributed by atoms with Crippen LogP contribution < -0.4 is 11.1 Å². The van der Waals surface area contributed by atoms with Crippen molar-refractivity contribution in [1.82, 2.24) is 4.98 Å². The fourth-order valence-corrected chi connectivity index (χ4v) is 2.69. The van der Waals surface area contributed by atoms with Crippen LogP contribution in [0.15, 0.2) is 48.5 Å². The van der Waals surface area contributed by atoms with E-state index in [9.17, 15) is 0 Å². The number of benzene rings is 2. The van der Waals surface area contributed by atoms with E-state index < -0.39 is 0 Å². The van der Waals surface area contributed by atoms with Crippen molar-refractivity contribution >= 4 is 27.5 Å². The minimum absolute atomic E-state index is 0.779. The van der Waals surface area contributed by atoms with Crippen molar-refractivity contribution in [2.75, 3.05) is 18.4 Å². The SMILES string of the molecule is NCCCCCNc1c2ccccc2nc2ccccc12. The molecule has 21 heavy (non-hydrogen) atoms. The van der Waals surface area contributed by atoms with E-state index in [1.165, 1.54) is 22.9 Å². The fraction of sp³-hybridized carbons (Fsp3) is 0.278. The number of rotatable bonds is 6. The van der Waals surface area contributed by atoms with Gasteiger partial charge in [-0.25, -0.2) is 4.98 Å². The lowest BCUT2D eigenvalue weighted by Gasteiger charge is -2.13. The highest BCUT2D eigenvalue weighted by molar-refractivity contribution is 6.07. The second-order valence-electron chi connectivity index (χ2n) is 5.30. The number of fused-ring (bicyclic) bond motifs is 2. The molecule has 0 aliphatic heterocycles. The summed E-state index contributed by atoms with van der Waals surface area (Å²) in [5.41, 5.74) is 8.82. The summed E-state index contributed by atoms with van der Waals surface area (Å²) in [6.45, 7) is 1.75. The molecule has 1 aromatic heterocycles. The molecule has 0 fully saturated rings. The van der Waals surface area contributed by atoms with Crippen LogP contribution in [0.1, 0.15) is 19.3 Å². The van der Waals surface area contributed by atoms with E-state index in [-0.39, 0.29) is 0 Å². The van der Waals surface area contributed by atoms with Crippen molar-refractivity contribution in [2.24, 2.45) is 5.73 Å². The van der Waals surface area contributed by atoms with Gasteiger partial charge < -0.3 is 11.1 Å². The zero-order valence-corrected chi connectivity index (χ0v) is 12.2. The van der Waals surface area contributed by atoms with Crippen LogP contribution >= 0.6 is 0 Å². The first-order valence-corrected chi connectivity index (χ1v) is 7.61. The Morgan fingerprint density at radius 3 is 2.05 bits per heavy atom. The Morgan fingerprint density at radius 2 is 1.43 bits per heavy atom. The summed E-state index contributed by atoms with van der Waals surface area (Å²) >= 11 is 0. The van der Waals surface area contributed by atoms with Crippen molar-refractivity contribution in [3.63, 3.8) is 0 Å². The van der Waals surface area contributed by atoms with E-state index in [0.29, 0.717) is 0 Å². The van der Waals surface area contributed by atoms with Crippen LogP contribution in [0.25, 0.3) is 21.8 Å². The van der Waals surface area contributed by atoms with Crippen LogP contribution in [-0.4, -0.2) is 18.1 Å². The molecule has 0 unspecified atom stereocenters. The minimum atomic E-state index is 0.779. The Bertz CT molecular complexity index is 683. The number of nitrogens with one attached hydrogen (secondary N) is 1. The average molecular weight is 279 g/mol. The molecule has 3 rings (SSSR count). The first-order valence-electron chi connectivity index (χ1n) is 7.61. The topological polar surface area (TPSA) is 50.9 Å². The Hall–Kier alpha value is -2.13. The molecule has 0 saturated heterocycles. The molecule has 0 spiro atoms. The quantitative estimate of drug-likeness (QED) is 0.531. The van der Waals surface area contributed by atoms with Gasteiger partial charge in [-0.1, -0.05) is 42.8 Å². The van der Waals surface area contributed by atoms with Crippen molar-refractivity contribution < 1.29 is 0 Å². The van der Waals surface area contributed by atoms with Crippen LogP contribution in [-0.2, 0) is 0 Å². The van der Waals surface area contributed by atoms with Gasteiger partial charge in [-0.05, 0) is 31.5 Å². The van der Waals surface area contributed by atoms with Crippen molar-refractivity contribution in [1.29, 1.82) is 0 Å². The average Bonchev–Trinajstić information content (AvgIpc) is 2.53. The van der Waals surface area contributed by atoms with Gasteiger partial charge in [0, 0.05) is 17.3 Å². The van der Waals surface area contributed by atoms with E-state index in [4.69, 9.17) is 10.7 Å². The summed E-state index contributed by atoms with van der Waals surface area (Å²) in [5, 5.41) is 5.99. The molecule has 0 atom stereocenters.